The summed E-state index contributed by atoms with van der Waals surface area (Å²) in [6.45, 7) is 6.06. The van der Waals surface area contributed by atoms with Crippen molar-refractivity contribution in [2.45, 2.75) is 44.1 Å². The van der Waals surface area contributed by atoms with Crippen molar-refractivity contribution in [1.82, 2.24) is 10.6 Å². The van der Waals surface area contributed by atoms with E-state index in [2.05, 4.69) is 22.5 Å². The highest BCUT2D eigenvalue weighted by atomic mass is 32.2. The second kappa shape index (κ2) is 9.18. The summed E-state index contributed by atoms with van der Waals surface area (Å²) in [6, 6.07) is 7.91. The molecule has 1 aromatic carbocycles. The number of hydrogen-bond donors (Lipinski definition) is 3. The highest BCUT2D eigenvalue weighted by Crippen LogP contribution is 2.40. The summed E-state index contributed by atoms with van der Waals surface area (Å²) in [5.74, 6) is 2.61. The second-order valence-electron chi connectivity index (χ2n) is 5.99. The molecule has 2 rings (SSSR count). The Bertz CT molecular complexity index is 553. The van der Waals surface area contributed by atoms with E-state index in [4.69, 9.17) is 4.74 Å². The maximum atomic E-state index is 10.7. The largest absolute Gasteiger partial charge is 0.497 e. The van der Waals surface area contributed by atoms with E-state index >= 15 is 0 Å². The molecule has 6 heteroatoms. The van der Waals surface area contributed by atoms with E-state index in [1.54, 1.807) is 7.11 Å². The number of benzene rings is 1. The second-order valence-corrected chi connectivity index (χ2v) is 7.47. The van der Waals surface area contributed by atoms with Gasteiger partial charge < -0.3 is 20.5 Å². The zero-order valence-corrected chi connectivity index (χ0v) is 15.7. The minimum Gasteiger partial charge on any atom is -0.497 e. The molecule has 1 aliphatic carbocycles. The van der Waals surface area contributed by atoms with Crippen molar-refractivity contribution in [3.8, 4) is 5.75 Å². The third-order valence-electron chi connectivity index (χ3n) is 4.27. The number of aliphatic imine (C=N–C) groups is 1. The van der Waals surface area contributed by atoms with Crippen LogP contribution in [0.15, 0.2) is 29.3 Å². The van der Waals surface area contributed by atoms with Gasteiger partial charge in [-0.25, -0.2) is 4.99 Å². The molecule has 5 nitrogen and oxygen atoms in total. The summed E-state index contributed by atoms with van der Waals surface area (Å²) < 4.78 is 5.24. The Hall–Kier alpha value is -1.40. The first kappa shape index (κ1) is 18.9. The molecule has 0 amide bonds. The first-order valence-electron chi connectivity index (χ1n) is 8.60. The highest BCUT2D eigenvalue weighted by molar-refractivity contribution is 8.00. The molecule has 1 fully saturated rings. The number of rotatable bonds is 8. The molecule has 0 spiro atoms. The zero-order valence-electron chi connectivity index (χ0n) is 14.8. The molecule has 0 bridgehead atoms. The Labute approximate surface area is 149 Å². The first-order valence-corrected chi connectivity index (χ1v) is 9.65. The lowest BCUT2D eigenvalue weighted by molar-refractivity contribution is -0.0198. The molecule has 1 aromatic rings. The van der Waals surface area contributed by atoms with Crippen molar-refractivity contribution in [3.63, 3.8) is 0 Å². The lowest BCUT2D eigenvalue weighted by Gasteiger charge is -2.45. The SMILES string of the molecule is CCNC(=NCc1cccc(OC)c1)NCC1(O)CCC1SCC. The van der Waals surface area contributed by atoms with Gasteiger partial charge in [0.05, 0.1) is 19.3 Å². The van der Waals surface area contributed by atoms with E-state index in [1.165, 1.54) is 0 Å². The molecule has 2 atom stereocenters. The maximum Gasteiger partial charge on any atom is 0.191 e. The summed E-state index contributed by atoms with van der Waals surface area (Å²) in [4.78, 5) is 4.61. The number of aliphatic hydroxyl groups is 1. The standard InChI is InChI=1S/C18H29N3O2S/c1-4-19-17(20-12-14-7-6-8-15(11-14)23-3)21-13-18(22)10-9-16(18)24-5-2/h6-8,11,16,22H,4-5,9-10,12-13H2,1-3H3,(H2,19,20,21). The number of methoxy groups -OCH3 is 1. The summed E-state index contributed by atoms with van der Waals surface area (Å²) in [7, 11) is 1.66. The van der Waals surface area contributed by atoms with E-state index < -0.39 is 5.60 Å². The maximum absolute atomic E-state index is 10.7. The van der Waals surface area contributed by atoms with Crippen molar-refractivity contribution in [1.29, 1.82) is 0 Å². The van der Waals surface area contributed by atoms with Gasteiger partial charge in [0.25, 0.3) is 0 Å². The van der Waals surface area contributed by atoms with Crippen LogP contribution >= 0.6 is 11.8 Å². The minimum atomic E-state index is -0.618. The van der Waals surface area contributed by atoms with Crippen molar-refractivity contribution in [2.24, 2.45) is 4.99 Å². The molecular formula is C18H29N3O2S. The monoisotopic (exact) mass is 351 g/mol. The number of nitrogens with one attached hydrogen (secondary N) is 2. The summed E-state index contributed by atoms with van der Waals surface area (Å²) >= 11 is 1.84. The fourth-order valence-corrected chi connectivity index (χ4v) is 3.96. The van der Waals surface area contributed by atoms with E-state index in [1.807, 2.05) is 43.0 Å². The van der Waals surface area contributed by atoms with Crippen LogP contribution in [-0.2, 0) is 6.54 Å². The third-order valence-corrected chi connectivity index (χ3v) is 5.68. The van der Waals surface area contributed by atoms with Crippen LogP contribution in [0.25, 0.3) is 0 Å². The Morgan fingerprint density at radius 2 is 2.25 bits per heavy atom. The molecular weight excluding hydrogens is 322 g/mol. The van der Waals surface area contributed by atoms with E-state index in [0.717, 1.165) is 42.4 Å². The van der Waals surface area contributed by atoms with E-state index in [9.17, 15) is 5.11 Å². The average molecular weight is 352 g/mol. The number of hydrogen-bond acceptors (Lipinski definition) is 4. The van der Waals surface area contributed by atoms with Crippen molar-refractivity contribution in [3.05, 3.63) is 29.8 Å². The van der Waals surface area contributed by atoms with Crippen LogP contribution < -0.4 is 15.4 Å². The van der Waals surface area contributed by atoms with Crippen LogP contribution in [0.5, 0.6) is 5.75 Å². The van der Waals surface area contributed by atoms with Crippen molar-refractivity contribution in [2.75, 3.05) is 26.0 Å². The Kier molecular flexibility index (Phi) is 7.24. The van der Waals surface area contributed by atoms with Gasteiger partial charge in [-0.3, -0.25) is 0 Å². The van der Waals surface area contributed by atoms with Crippen molar-refractivity contribution >= 4 is 17.7 Å². The summed E-state index contributed by atoms with van der Waals surface area (Å²) in [5.41, 5.74) is 0.473. The average Bonchev–Trinajstić information content (AvgIpc) is 2.61. The Morgan fingerprint density at radius 3 is 2.88 bits per heavy atom. The summed E-state index contributed by atoms with van der Waals surface area (Å²) in [6.07, 6.45) is 1.95. The Balaban J connectivity index is 1.93. The molecule has 0 aromatic heterocycles. The number of thioether (sulfide) groups is 1. The fourth-order valence-electron chi connectivity index (χ4n) is 2.76. The highest BCUT2D eigenvalue weighted by Gasteiger charge is 2.45. The number of ether oxygens (including phenoxy) is 1. The number of nitrogens with zero attached hydrogens (tertiary/aromatic N) is 1. The molecule has 1 aliphatic rings. The molecule has 134 valence electrons. The lowest BCUT2D eigenvalue weighted by Crippen LogP contribution is -2.58. The molecule has 0 aliphatic heterocycles. The van der Waals surface area contributed by atoms with Crippen LogP contribution in [-0.4, -0.2) is 47.9 Å². The Morgan fingerprint density at radius 1 is 1.42 bits per heavy atom. The van der Waals surface area contributed by atoms with Crippen LogP contribution in [0.2, 0.25) is 0 Å². The van der Waals surface area contributed by atoms with Crippen molar-refractivity contribution < 1.29 is 9.84 Å². The molecule has 3 N–H and O–H groups in total. The van der Waals surface area contributed by atoms with Crippen LogP contribution in [0.4, 0.5) is 0 Å². The van der Waals surface area contributed by atoms with E-state index in [0.29, 0.717) is 18.3 Å². The number of guanidine groups is 1. The molecule has 0 radical (unpaired) electrons. The fraction of sp³-hybridized carbons (Fsp3) is 0.611. The minimum absolute atomic E-state index is 0.330. The quantitative estimate of drug-likeness (QED) is 0.496. The van der Waals surface area contributed by atoms with Gasteiger partial charge >= 0.3 is 0 Å². The predicted octanol–water partition coefficient (Wildman–Crippen LogP) is 2.40. The van der Waals surface area contributed by atoms with Gasteiger partial charge in [0.2, 0.25) is 0 Å². The van der Waals surface area contributed by atoms with Gasteiger partial charge in [-0.2, -0.15) is 11.8 Å². The topological polar surface area (TPSA) is 65.9 Å². The van der Waals surface area contributed by atoms with Crippen LogP contribution in [0, 0.1) is 0 Å². The lowest BCUT2D eigenvalue weighted by atomic mass is 9.79. The molecule has 2 unspecified atom stereocenters. The predicted molar refractivity (Wildman–Crippen MR) is 102 cm³/mol. The zero-order chi connectivity index (χ0) is 17.4. The van der Waals surface area contributed by atoms with Gasteiger partial charge in [0.15, 0.2) is 5.96 Å². The summed E-state index contributed by atoms with van der Waals surface area (Å²) in [5, 5.41) is 17.6. The third kappa shape index (κ3) is 5.05. The van der Waals surface area contributed by atoms with Crippen LogP contribution in [0.3, 0.4) is 0 Å². The normalized spacial score (nSPS) is 23.5. The van der Waals surface area contributed by atoms with E-state index in [-0.39, 0.29) is 0 Å². The van der Waals surface area contributed by atoms with Gasteiger partial charge in [-0.1, -0.05) is 19.1 Å². The van der Waals surface area contributed by atoms with Crippen LogP contribution in [0.1, 0.15) is 32.3 Å². The van der Waals surface area contributed by atoms with Gasteiger partial charge in [-0.05, 0) is 43.2 Å². The van der Waals surface area contributed by atoms with Gasteiger partial charge in [0.1, 0.15) is 5.75 Å². The first-order chi connectivity index (χ1) is 11.6. The van der Waals surface area contributed by atoms with Gasteiger partial charge in [-0.15, -0.1) is 0 Å². The molecule has 0 heterocycles. The molecule has 24 heavy (non-hydrogen) atoms. The molecule has 1 saturated carbocycles. The van der Waals surface area contributed by atoms with Gasteiger partial charge in [0, 0.05) is 18.3 Å². The smallest absolute Gasteiger partial charge is 0.191 e. The molecule has 0 saturated heterocycles.